The molecule has 6 nitrogen and oxygen atoms in total. The highest BCUT2D eigenvalue weighted by molar-refractivity contribution is 7.92. The number of hydrogen-bond donors (Lipinski definition) is 2. The summed E-state index contributed by atoms with van der Waals surface area (Å²) in [5.74, 6) is 0.853. The van der Waals surface area contributed by atoms with Crippen molar-refractivity contribution in [3.63, 3.8) is 0 Å². The van der Waals surface area contributed by atoms with Crippen molar-refractivity contribution < 1.29 is 17.9 Å². The minimum absolute atomic E-state index is 0.00792. The van der Waals surface area contributed by atoms with Gasteiger partial charge in [-0.25, -0.2) is 8.42 Å². The summed E-state index contributed by atoms with van der Waals surface area (Å²) in [5.41, 5.74) is 0.951. The molecule has 0 saturated heterocycles. The molecule has 7 heteroatoms. The summed E-state index contributed by atoms with van der Waals surface area (Å²) in [4.78, 5) is 11.9. The van der Waals surface area contributed by atoms with Crippen molar-refractivity contribution in [3.8, 4) is 5.75 Å². The van der Waals surface area contributed by atoms with Gasteiger partial charge in [-0.05, 0) is 31.4 Å². The van der Waals surface area contributed by atoms with Gasteiger partial charge in [0.25, 0.3) is 0 Å². The van der Waals surface area contributed by atoms with Gasteiger partial charge in [-0.1, -0.05) is 6.92 Å². The van der Waals surface area contributed by atoms with Gasteiger partial charge in [-0.3, -0.25) is 9.52 Å². The Kier molecular flexibility index (Phi) is 4.41. The number of benzene rings is 1. The molecule has 2 atom stereocenters. The first-order valence-corrected chi connectivity index (χ1v) is 8.51. The average molecular weight is 312 g/mol. The molecule has 1 saturated carbocycles. The fourth-order valence-electron chi connectivity index (χ4n) is 2.02. The fraction of sp³-hybridized carbons (Fsp3) is 0.500. The quantitative estimate of drug-likeness (QED) is 0.842. The third kappa shape index (κ3) is 3.87. The zero-order valence-electron chi connectivity index (χ0n) is 12.3. The Bertz CT molecular complexity index is 642. The van der Waals surface area contributed by atoms with E-state index in [1.54, 1.807) is 25.1 Å². The van der Waals surface area contributed by atoms with Gasteiger partial charge in [-0.2, -0.15) is 0 Å². The predicted molar refractivity (Wildman–Crippen MR) is 82.0 cm³/mol. The van der Waals surface area contributed by atoms with Crippen molar-refractivity contribution >= 4 is 27.3 Å². The van der Waals surface area contributed by atoms with E-state index in [0.717, 1.165) is 6.42 Å². The van der Waals surface area contributed by atoms with Gasteiger partial charge < -0.3 is 10.1 Å². The first-order valence-electron chi connectivity index (χ1n) is 6.85. The minimum atomic E-state index is -3.37. The van der Waals surface area contributed by atoms with E-state index in [9.17, 15) is 13.2 Å². The van der Waals surface area contributed by atoms with E-state index in [-0.39, 0.29) is 17.6 Å². The van der Waals surface area contributed by atoms with Gasteiger partial charge >= 0.3 is 0 Å². The number of sulfonamides is 1. The molecule has 0 bridgehead atoms. The van der Waals surface area contributed by atoms with Crippen LogP contribution in [0.5, 0.6) is 5.75 Å². The predicted octanol–water partition coefficient (Wildman–Crippen LogP) is 2.05. The van der Waals surface area contributed by atoms with Gasteiger partial charge in [0.05, 0.1) is 18.6 Å². The highest BCUT2D eigenvalue weighted by Gasteiger charge is 2.39. The summed E-state index contributed by atoms with van der Waals surface area (Å²) >= 11 is 0. The van der Waals surface area contributed by atoms with Crippen molar-refractivity contribution in [2.75, 3.05) is 22.9 Å². The molecule has 1 aliphatic rings. The second-order valence-corrected chi connectivity index (χ2v) is 7.24. The molecule has 0 unspecified atom stereocenters. The van der Waals surface area contributed by atoms with Crippen molar-refractivity contribution in [3.05, 3.63) is 18.2 Å². The molecule has 0 aliphatic heterocycles. The highest BCUT2D eigenvalue weighted by Crippen LogP contribution is 2.39. The van der Waals surface area contributed by atoms with Crippen LogP contribution in [0.4, 0.5) is 11.4 Å². The third-order valence-corrected chi connectivity index (χ3v) is 4.85. The lowest BCUT2D eigenvalue weighted by molar-refractivity contribution is -0.117. The number of ether oxygens (including phenoxy) is 1. The molecule has 1 amide bonds. The van der Waals surface area contributed by atoms with Crippen LogP contribution in [0.15, 0.2) is 18.2 Å². The van der Waals surface area contributed by atoms with E-state index < -0.39 is 10.0 Å². The van der Waals surface area contributed by atoms with E-state index in [2.05, 4.69) is 10.0 Å². The second kappa shape index (κ2) is 5.93. The third-order valence-electron chi connectivity index (χ3n) is 3.56. The number of anilines is 2. The lowest BCUT2D eigenvalue weighted by atomic mass is 10.2. The van der Waals surface area contributed by atoms with E-state index in [1.807, 2.05) is 6.92 Å². The first-order chi connectivity index (χ1) is 9.86. The number of rotatable bonds is 6. The largest absolute Gasteiger partial charge is 0.494 e. The van der Waals surface area contributed by atoms with Crippen LogP contribution >= 0.6 is 0 Å². The highest BCUT2D eigenvalue weighted by atomic mass is 32.2. The van der Waals surface area contributed by atoms with Crippen LogP contribution in [-0.2, 0) is 14.8 Å². The molecule has 21 heavy (non-hydrogen) atoms. The van der Waals surface area contributed by atoms with Crippen molar-refractivity contribution in [1.29, 1.82) is 0 Å². The molecule has 2 rings (SSSR count). The topological polar surface area (TPSA) is 84.5 Å². The normalized spacial score (nSPS) is 20.7. The Morgan fingerprint density at radius 2 is 2.10 bits per heavy atom. The van der Waals surface area contributed by atoms with Gasteiger partial charge in [0.1, 0.15) is 5.75 Å². The van der Waals surface area contributed by atoms with Crippen LogP contribution in [0.25, 0.3) is 0 Å². The lowest BCUT2D eigenvalue weighted by Crippen LogP contribution is -2.16. The molecule has 1 fully saturated rings. The molecular weight excluding hydrogens is 292 g/mol. The van der Waals surface area contributed by atoms with E-state index in [4.69, 9.17) is 4.74 Å². The maximum Gasteiger partial charge on any atom is 0.232 e. The molecule has 1 aromatic rings. The summed E-state index contributed by atoms with van der Waals surface area (Å²) < 4.78 is 30.8. The van der Waals surface area contributed by atoms with Crippen LogP contribution < -0.4 is 14.8 Å². The Morgan fingerprint density at radius 3 is 2.62 bits per heavy atom. The zero-order chi connectivity index (χ0) is 15.6. The maximum atomic E-state index is 11.9. The van der Waals surface area contributed by atoms with Gasteiger partial charge in [0.15, 0.2) is 0 Å². The number of methoxy groups -OCH3 is 1. The lowest BCUT2D eigenvalue weighted by Gasteiger charge is -2.13. The SMILES string of the molecule is CCS(=O)(=O)Nc1ccc(NC(=O)[C@H]2C[C@H]2C)cc1OC. The Balaban J connectivity index is 2.14. The standard InChI is InChI=1S/C14H20N2O4S/c1-4-21(18,19)16-12-6-5-10(8-13(12)20-3)15-14(17)11-7-9(11)2/h5-6,8-9,11,16H,4,7H2,1-3H3,(H,15,17)/t9-,11+/m1/s1. The van der Waals surface area contributed by atoms with Gasteiger partial charge in [-0.15, -0.1) is 0 Å². The Labute approximate surface area is 124 Å². The van der Waals surface area contributed by atoms with E-state index >= 15 is 0 Å². The Hall–Kier alpha value is -1.76. The average Bonchev–Trinajstić information content (AvgIpc) is 3.17. The molecule has 0 heterocycles. The number of hydrogen-bond acceptors (Lipinski definition) is 4. The molecule has 1 aromatic carbocycles. The van der Waals surface area contributed by atoms with Crippen molar-refractivity contribution in [2.24, 2.45) is 11.8 Å². The van der Waals surface area contributed by atoms with Crippen LogP contribution in [0.2, 0.25) is 0 Å². The summed E-state index contributed by atoms with van der Waals surface area (Å²) in [5, 5.41) is 2.82. The molecule has 0 radical (unpaired) electrons. The molecule has 116 valence electrons. The number of amides is 1. The zero-order valence-corrected chi connectivity index (χ0v) is 13.2. The molecule has 0 aromatic heterocycles. The molecule has 2 N–H and O–H groups in total. The van der Waals surface area contributed by atoms with Crippen LogP contribution in [-0.4, -0.2) is 27.2 Å². The summed E-state index contributed by atoms with van der Waals surface area (Å²) in [7, 11) is -1.92. The van der Waals surface area contributed by atoms with Crippen LogP contribution in [0, 0.1) is 11.8 Å². The fourth-order valence-corrected chi connectivity index (χ4v) is 2.66. The molecule has 1 aliphatic carbocycles. The Morgan fingerprint density at radius 1 is 1.43 bits per heavy atom. The molecular formula is C14H20N2O4S. The summed E-state index contributed by atoms with van der Waals surface area (Å²) in [6.07, 6.45) is 0.914. The summed E-state index contributed by atoms with van der Waals surface area (Å²) in [6.45, 7) is 3.59. The first kappa shape index (κ1) is 15.6. The summed E-state index contributed by atoms with van der Waals surface area (Å²) in [6, 6.07) is 4.84. The van der Waals surface area contributed by atoms with Crippen molar-refractivity contribution in [1.82, 2.24) is 0 Å². The monoisotopic (exact) mass is 312 g/mol. The van der Waals surface area contributed by atoms with Crippen molar-refractivity contribution in [2.45, 2.75) is 20.3 Å². The van der Waals surface area contributed by atoms with Gasteiger partial charge in [0.2, 0.25) is 15.9 Å². The van der Waals surface area contributed by atoms with Gasteiger partial charge in [0, 0.05) is 17.7 Å². The smallest absolute Gasteiger partial charge is 0.232 e. The van der Waals surface area contributed by atoms with E-state index in [0.29, 0.717) is 23.0 Å². The van der Waals surface area contributed by atoms with Crippen LogP contribution in [0.1, 0.15) is 20.3 Å². The van der Waals surface area contributed by atoms with E-state index in [1.165, 1.54) is 7.11 Å². The number of carbonyl (C=O) groups excluding carboxylic acids is 1. The number of carbonyl (C=O) groups is 1. The maximum absolute atomic E-state index is 11.9. The minimum Gasteiger partial charge on any atom is -0.494 e. The second-order valence-electron chi connectivity index (χ2n) is 5.23. The van der Waals surface area contributed by atoms with Crippen LogP contribution in [0.3, 0.4) is 0 Å². The molecule has 0 spiro atoms. The number of nitrogens with one attached hydrogen (secondary N) is 2.